The lowest BCUT2D eigenvalue weighted by Crippen LogP contribution is -2.21. The summed E-state index contributed by atoms with van der Waals surface area (Å²) in [6.07, 6.45) is 1.67. The Bertz CT molecular complexity index is 962. The van der Waals surface area contributed by atoms with Crippen LogP contribution in [0.4, 0.5) is 5.69 Å². The SMILES string of the molecule is COc1cc(/C=C2/C(=O)N(c3ccccc3)N=C2C)cc(SC#N)c1O. The fourth-order valence-corrected chi connectivity index (χ4v) is 3.05. The van der Waals surface area contributed by atoms with E-state index in [4.69, 9.17) is 10.00 Å². The lowest BCUT2D eigenvalue weighted by atomic mass is 10.1. The Kier molecular flexibility index (Phi) is 4.96. The van der Waals surface area contributed by atoms with Crippen LogP contribution < -0.4 is 9.75 Å². The number of rotatable bonds is 4. The van der Waals surface area contributed by atoms with E-state index in [-0.39, 0.29) is 17.4 Å². The zero-order valence-corrected chi connectivity index (χ0v) is 14.9. The summed E-state index contributed by atoms with van der Waals surface area (Å²) in [6, 6.07) is 12.4. The molecule has 0 spiro atoms. The average Bonchev–Trinajstić information content (AvgIpc) is 2.93. The van der Waals surface area contributed by atoms with Crippen molar-refractivity contribution in [3.8, 4) is 16.9 Å². The monoisotopic (exact) mass is 365 g/mol. The van der Waals surface area contributed by atoms with Gasteiger partial charge in [-0.2, -0.15) is 15.4 Å². The predicted molar refractivity (Wildman–Crippen MR) is 101 cm³/mol. The molecule has 1 N–H and O–H groups in total. The van der Waals surface area contributed by atoms with Gasteiger partial charge in [-0.25, -0.2) is 0 Å². The van der Waals surface area contributed by atoms with Crippen molar-refractivity contribution in [1.29, 1.82) is 5.26 Å². The van der Waals surface area contributed by atoms with Crippen LogP contribution in [0, 0.1) is 10.7 Å². The minimum absolute atomic E-state index is 0.102. The smallest absolute Gasteiger partial charge is 0.280 e. The van der Waals surface area contributed by atoms with Gasteiger partial charge in [-0.3, -0.25) is 4.79 Å². The molecule has 1 heterocycles. The molecule has 0 saturated carbocycles. The lowest BCUT2D eigenvalue weighted by Gasteiger charge is -2.11. The van der Waals surface area contributed by atoms with Crippen molar-refractivity contribution in [2.75, 3.05) is 12.1 Å². The van der Waals surface area contributed by atoms with Gasteiger partial charge in [0.15, 0.2) is 11.5 Å². The average molecular weight is 365 g/mol. The normalized spacial score (nSPS) is 15.1. The largest absolute Gasteiger partial charge is 0.503 e. The number of phenolic OH excluding ortho intramolecular Hbond substituents is 1. The summed E-state index contributed by atoms with van der Waals surface area (Å²) in [5, 5.41) is 26.6. The predicted octanol–water partition coefficient (Wildman–Crippen LogP) is 3.78. The quantitative estimate of drug-likeness (QED) is 0.506. The maximum Gasteiger partial charge on any atom is 0.280 e. The van der Waals surface area contributed by atoms with Crippen molar-refractivity contribution in [2.45, 2.75) is 11.8 Å². The van der Waals surface area contributed by atoms with E-state index >= 15 is 0 Å². The minimum Gasteiger partial charge on any atom is -0.503 e. The summed E-state index contributed by atoms with van der Waals surface area (Å²) in [5.74, 6) is -0.109. The Morgan fingerprint density at radius 1 is 1.31 bits per heavy atom. The molecule has 2 aromatic carbocycles. The molecular formula is C19H15N3O3S. The molecule has 0 fully saturated rings. The van der Waals surface area contributed by atoms with Gasteiger partial charge in [0.2, 0.25) is 0 Å². The number of thiocyanates is 1. The van der Waals surface area contributed by atoms with Gasteiger partial charge in [-0.1, -0.05) is 18.2 Å². The van der Waals surface area contributed by atoms with Crippen LogP contribution in [0.15, 0.2) is 58.0 Å². The molecule has 6 nitrogen and oxygen atoms in total. The zero-order chi connectivity index (χ0) is 18.7. The fraction of sp³-hybridized carbons (Fsp3) is 0.105. The summed E-state index contributed by atoms with van der Waals surface area (Å²) in [6.45, 7) is 1.76. The number of phenols is 1. The summed E-state index contributed by atoms with van der Waals surface area (Å²) in [5.41, 5.74) is 2.34. The third-order valence-electron chi connectivity index (χ3n) is 3.81. The molecule has 0 atom stereocenters. The van der Waals surface area contributed by atoms with Gasteiger partial charge in [0.1, 0.15) is 5.40 Å². The topological polar surface area (TPSA) is 85.9 Å². The van der Waals surface area contributed by atoms with Crippen molar-refractivity contribution in [3.63, 3.8) is 0 Å². The van der Waals surface area contributed by atoms with Crippen molar-refractivity contribution in [2.24, 2.45) is 5.10 Å². The molecule has 0 radical (unpaired) electrons. The van der Waals surface area contributed by atoms with Crippen LogP contribution in [0.25, 0.3) is 6.08 Å². The maximum absolute atomic E-state index is 12.8. The highest BCUT2D eigenvalue weighted by Crippen LogP contribution is 2.38. The van der Waals surface area contributed by atoms with Crippen molar-refractivity contribution >= 4 is 35.1 Å². The molecule has 0 aliphatic carbocycles. The molecule has 26 heavy (non-hydrogen) atoms. The minimum atomic E-state index is -0.241. The van der Waals surface area contributed by atoms with Crippen LogP contribution in [-0.2, 0) is 4.79 Å². The molecule has 1 aliphatic rings. The number of amides is 1. The van der Waals surface area contributed by atoms with Gasteiger partial charge in [-0.15, -0.1) is 0 Å². The molecule has 7 heteroatoms. The number of carbonyl (C=O) groups excluding carboxylic acids is 1. The molecule has 0 unspecified atom stereocenters. The summed E-state index contributed by atoms with van der Waals surface area (Å²) >= 11 is 0.823. The van der Waals surface area contributed by atoms with E-state index in [0.29, 0.717) is 27.4 Å². The number of para-hydroxylation sites is 1. The number of aromatic hydroxyl groups is 1. The van der Waals surface area contributed by atoms with Gasteiger partial charge in [0.05, 0.1) is 29.0 Å². The first-order valence-electron chi connectivity index (χ1n) is 7.69. The number of ether oxygens (including phenoxy) is 1. The number of methoxy groups -OCH3 is 1. The number of hydrogen-bond acceptors (Lipinski definition) is 6. The number of hydrogen-bond donors (Lipinski definition) is 1. The number of anilines is 1. The molecular weight excluding hydrogens is 350 g/mol. The van der Waals surface area contributed by atoms with Crippen LogP contribution in [0.2, 0.25) is 0 Å². The van der Waals surface area contributed by atoms with E-state index in [9.17, 15) is 9.90 Å². The number of carbonyl (C=O) groups is 1. The number of hydrazone groups is 1. The van der Waals surface area contributed by atoms with Gasteiger partial charge >= 0.3 is 0 Å². The van der Waals surface area contributed by atoms with E-state index in [1.165, 1.54) is 12.1 Å². The molecule has 3 rings (SSSR count). The lowest BCUT2D eigenvalue weighted by molar-refractivity contribution is -0.114. The third kappa shape index (κ3) is 3.27. The first-order valence-corrected chi connectivity index (χ1v) is 8.50. The fourth-order valence-electron chi connectivity index (χ4n) is 2.56. The summed E-state index contributed by atoms with van der Waals surface area (Å²) in [7, 11) is 1.43. The third-order valence-corrected chi connectivity index (χ3v) is 4.43. The molecule has 1 aliphatic heterocycles. The van der Waals surface area contributed by atoms with Crippen LogP contribution in [-0.4, -0.2) is 23.8 Å². The molecule has 0 bridgehead atoms. The molecule has 1 amide bonds. The van der Waals surface area contributed by atoms with Crippen LogP contribution in [0.3, 0.4) is 0 Å². The second-order valence-electron chi connectivity index (χ2n) is 5.46. The summed E-state index contributed by atoms with van der Waals surface area (Å²) in [4.78, 5) is 13.1. The Morgan fingerprint density at radius 2 is 2.04 bits per heavy atom. The van der Waals surface area contributed by atoms with Crippen LogP contribution >= 0.6 is 11.8 Å². The van der Waals surface area contributed by atoms with E-state index in [2.05, 4.69) is 5.10 Å². The maximum atomic E-state index is 12.8. The number of nitriles is 1. The van der Waals surface area contributed by atoms with E-state index in [1.807, 2.05) is 35.7 Å². The Labute approximate surface area is 155 Å². The highest BCUT2D eigenvalue weighted by atomic mass is 32.2. The number of benzene rings is 2. The number of nitrogens with zero attached hydrogens (tertiary/aromatic N) is 3. The van der Waals surface area contributed by atoms with Gasteiger partial charge in [0, 0.05) is 0 Å². The first kappa shape index (κ1) is 17.6. The van der Waals surface area contributed by atoms with Gasteiger partial charge in [0.25, 0.3) is 5.91 Å². The van der Waals surface area contributed by atoms with Gasteiger partial charge in [-0.05, 0) is 54.6 Å². The molecule has 130 valence electrons. The van der Waals surface area contributed by atoms with E-state index < -0.39 is 0 Å². The second-order valence-corrected chi connectivity index (χ2v) is 6.29. The highest BCUT2D eigenvalue weighted by Gasteiger charge is 2.28. The van der Waals surface area contributed by atoms with Crippen molar-refractivity contribution < 1.29 is 14.6 Å². The highest BCUT2D eigenvalue weighted by molar-refractivity contribution is 8.03. The molecule has 0 saturated heterocycles. The molecule has 0 aromatic heterocycles. The Balaban J connectivity index is 2.01. The standard InChI is InChI=1S/C19H15N3O3S/c1-12-15(19(24)22(21-12)14-6-4-3-5-7-14)8-13-9-16(25-2)18(23)17(10-13)26-11-20/h3-10,23H,1-2H3/b15-8+. The van der Waals surface area contributed by atoms with Crippen molar-refractivity contribution in [3.05, 3.63) is 53.6 Å². The van der Waals surface area contributed by atoms with Crippen molar-refractivity contribution in [1.82, 2.24) is 0 Å². The second kappa shape index (κ2) is 7.33. The Morgan fingerprint density at radius 3 is 2.69 bits per heavy atom. The first-order chi connectivity index (χ1) is 12.5. The summed E-state index contributed by atoms with van der Waals surface area (Å²) < 4.78 is 5.15. The van der Waals surface area contributed by atoms with Crippen LogP contribution in [0.5, 0.6) is 11.5 Å². The molecule has 2 aromatic rings. The van der Waals surface area contributed by atoms with Gasteiger partial charge < -0.3 is 9.84 Å². The van der Waals surface area contributed by atoms with Crippen LogP contribution in [0.1, 0.15) is 12.5 Å². The zero-order valence-electron chi connectivity index (χ0n) is 14.1. The number of thioether (sulfide) groups is 1. The van der Waals surface area contributed by atoms with E-state index in [0.717, 1.165) is 11.8 Å². The Hall–Kier alpha value is -3.24. The van der Waals surface area contributed by atoms with E-state index in [1.54, 1.807) is 25.1 Å².